The summed E-state index contributed by atoms with van der Waals surface area (Å²) in [6.45, 7) is 0.534. The van der Waals surface area contributed by atoms with Crippen molar-refractivity contribution in [2.75, 3.05) is 5.32 Å². The standard InChI is InChI=1S/C23H23NO2/c25-23(13-7-12-19-8-3-1-4-9-19)24-21-14-16-22(17-15-21)26-18-20-10-5-2-6-11-20/h1-6,8-11,14-17H,7,12-13,18H2,(H,24,25). The smallest absolute Gasteiger partial charge is 0.224 e. The van der Waals surface area contributed by atoms with Crippen LogP contribution in [0.5, 0.6) is 5.75 Å². The van der Waals surface area contributed by atoms with Gasteiger partial charge in [-0.05, 0) is 48.2 Å². The highest BCUT2D eigenvalue weighted by atomic mass is 16.5. The highest BCUT2D eigenvalue weighted by molar-refractivity contribution is 5.90. The molecule has 0 saturated carbocycles. The van der Waals surface area contributed by atoms with E-state index >= 15 is 0 Å². The molecule has 0 spiro atoms. The van der Waals surface area contributed by atoms with Gasteiger partial charge in [-0.25, -0.2) is 0 Å². The molecular weight excluding hydrogens is 322 g/mol. The molecule has 3 heteroatoms. The van der Waals surface area contributed by atoms with Crippen LogP contribution in [0.2, 0.25) is 0 Å². The third kappa shape index (κ3) is 5.78. The van der Waals surface area contributed by atoms with Crippen LogP contribution in [0.25, 0.3) is 0 Å². The summed E-state index contributed by atoms with van der Waals surface area (Å²) in [6, 6.07) is 27.8. The number of aryl methyl sites for hydroxylation is 1. The molecule has 0 unspecified atom stereocenters. The van der Waals surface area contributed by atoms with Crippen LogP contribution in [0.3, 0.4) is 0 Å². The molecule has 1 amide bonds. The molecule has 0 saturated heterocycles. The third-order valence-electron chi connectivity index (χ3n) is 4.10. The Bertz CT molecular complexity index is 799. The molecule has 26 heavy (non-hydrogen) atoms. The Morgan fingerprint density at radius 1 is 0.769 bits per heavy atom. The van der Waals surface area contributed by atoms with Gasteiger partial charge in [0, 0.05) is 12.1 Å². The van der Waals surface area contributed by atoms with E-state index in [0.29, 0.717) is 13.0 Å². The van der Waals surface area contributed by atoms with Crippen molar-refractivity contribution in [2.24, 2.45) is 0 Å². The number of anilines is 1. The van der Waals surface area contributed by atoms with E-state index in [9.17, 15) is 4.79 Å². The number of hydrogen-bond acceptors (Lipinski definition) is 2. The minimum atomic E-state index is 0.0406. The zero-order valence-electron chi connectivity index (χ0n) is 14.7. The second-order valence-electron chi connectivity index (χ2n) is 6.19. The van der Waals surface area contributed by atoms with Crippen molar-refractivity contribution in [3.8, 4) is 5.75 Å². The number of rotatable bonds is 8. The van der Waals surface area contributed by atoms with Crippen molar-refractivity contribution in [2.45, 2.75) is 25.9 Å². The average Bonchev–Trinajstić information content (AvgIpc) is 2.69. The lowest BCUT2D eigenvalue weighted by Gasteiger charge is -2.08. The summed E-state index contributed by atoms with van der Waals surface area (Å²) in [5.74, 6) is 0.829. The van der Waals surface area contributed by atoms with Crippen molar-refractivity contribution >= 4 is 11.6 Å². The molecule has 0 aliphatic rings. The highest BCUT2D eigenvalue weighted by Gasteiger charge is 2.03. The molecule has 132 valence electrons. The molecule has 0 aromatic heterocycles. The normalized spacial score (nSPS) is 10.3. The van der Waals surface area contributed by atoms with Crippen LogP contribution < -0.4 is 10.1 Å². The first kappa shape index (κ1) is 17.7. The van der Waals surface area contributed by atoms with E-state index in [4.69, 9.17) is 4.74 Å². The molecule has 0 fully saturated rings. The van der Waals surface area contributed by atoms with Crippen LogP contribution in [0, 0.1) is 0 Å². The highest BCUT2D eigenvalue weighted by Crippen LogP contribution is 2.17. The van der Waals surface area contributed by atoms with Crippen LogP contribution in [0.1, 0.15) is 24.0 Å². The van der Waals surface area contributed by atoms with E-state index < -0.39 is 0 Å². The molecule has 1 N–H and O–H groups in total. The summed E-state index contributed by atoms with van der Waals surface area (Å²) in [5, 5.41) is 2.93. The SMILES string of the molecule is O=C(CCCc1ccccc1)Nc1ccc(OCc2ccccc2)cc1. The van der Waals surface area contributed by atoms with Gasteiger partial charge >= 0.3 is 0 Å². The van der Waals surface area contributed by atoms with Gasteiger partial charge in [-0.2, -0.15) is 0 Å². The lowest BCUT2D eigenvalue weighted by atomic mass is 10.1. The Hall–Kier alpha value is -3.07. The average molecular weight is 345 g/mol. The van der Waals surface area contributed by atoms with E-state index in [1.807, 2.05) is 72.8 Å². The first-order valence-electron chi connectivity index (χ1n) is 8.90. The maximum Gasteiger partial charge on any atom is 0.224 e. The molecule has 0 aliphatic heterocycles. The summed E-state index contributed by atoms with van der Waals surface area (Å²) in [4.78, 5) is 12.1. The number of ether oxygens (including phenoxy) is 1. The van der Waals surface area contributed by atoms with Gasteiger partial charge in [-0.1, -0.05) is 60.7 Å². The van der Waals surface area contributed by atoms with Gasteiger partial charge in [0.2, 0.25) is 5.91 Å². The van der Waals surface area contributed by atoms with Gasteiger partial charge in [0.1, 0.15) is 12.4 Å². The number of hydrogen-bond donors (Lipinski definition) is 1. The number of carbonyl (C=O) groups excluding carboxylic acids is 1. The van der Waals surface area contributed by atoms with E-state index in [1.165, 1.54) is 5.56 Å². The number of amides is 1. The first-order valence-corrected chi connectivity index (χ1v) is 8.90. The van der Waals surface area contributed by atoms with Gasteiger partial charge in [0.15, 0.2) is 0 Å². The fourth-order valence-electron chi connectivity index (χ4n) is 2.70. The van der Waals surface area contributed by atoms with Crippen molar-refractivity contribution in [1.29, 1.82) is 0 Å². The Morgan fingerprint density at radius 2 is 1.38 bits per heavy atom. The van der Waals surface area contributed by atoms with E-state index in [-0.39, 0.29) is 5.91 Å². The van der Waals surface area contributed by atoms with E-state index in [2.05, 4.69) is 17.4 Å². The minimum absolute atomic E-state index is 0.0406. The summed E-state index contributed by atoms with van der Waals surface area (Å²) >= 11 is 0. The van der Waals surface area contributed by atoms with Crippen LogP contribution in [-0.4, -0.2) is 5.91 Å². The number of benzene rings is 3. The Labute approximate surface area is 154 Å². The lowest BCUT2D eigenvalue weighted by molar-refractivity contribution is -0.116. The summed E-state index contributed by atoms with van der Waals surface area (Å²) in [6.07, 6.45) is 2.27. The fourth-order valence-corrected chi connectivity index (χ4v) is 2.70. The van der Waals surface area contributed by atoms with Crippen molar-refractivity contribution in [3.63, 3.8) is 0 Å². The quantitative estimate of drug-likeness (QED) is 0.607. The van der Waals surface area contributed by atoms with Gasteiger partial charge in [0.05, 0.1) is 0 Å². The third-order valence-corrected chi connectivity index (χ3v) is 4.10. The van der Waals surface area contributed by atoms with Crippen molar-refractivity contribution in [3.05, 3.63) is 96.1 Å². The molecule has 0 atom stereocenters. The zero-order valence-corrected chi connectivity index (χ0v) is 14.7. The molecule has 3 aromatic rings. The van der Waals surface area contributed by atoms with Crippen molar-refractivity contribution in [1.82, 2.24) is 0 Å². The molecule has 0 aliphatic carbocycles. The van der Waals surface area contributed by atoms with Gasteiger partial charge in [-0.15, -0.1) is 0 Å². The van der Waals surface area contributed by atoms with Crippen LogP contribution in [0.15, 0.2) is 84.9 Å². The van der Waals surface area contributed by atoms with Crippen LogP contribution in [0.4, 0.5) is 5.69 Å². The van der Waals surface area contributed by atoms with E-state index in [1.54, 1.807) is 0 Å². The molecule has 0 bridgehead atoms. The monoisotopic (exact) mass is 345 g/mol. The summed E-state index contributed by atoms with van der Waals surface area (Å²) < 4.78 is 5.75. The maximum absolute atomic E-state index is 12.1. The van der Waals surface area contributed by atoms with E-state index in [0.717, 1.165) is 29.8 Å². The second kappa shape index (κ2) is 9.42. The summed E-state index contributed by atoms with van der Waals surface area (Å²) in [7, 11) is 0. The Kier molecular flexibility index (Phi) is 6.43. The Balaban J connectivity index is 1.41. The molecule has 3 aromatic carbocycles. The molecule has 0 radical (unpaired) electrons. The largest absolute Gasteiger partial charge is 0.489 e. The molecule has 0 heterocycles. The van der Waals surface area contributed by atoms with Crippen LogP contribution >= 0.6 is 0 Å². The molecule has 3 rings (SSSR count). The predicted octanol–water partition coefficient (Wildman–Crippen LogP) is 5.23. The summed E-state index contributed by atoms with van der Waals surface area (Å²) in [5.41, 5.74) is 3.19. The topological polar surface area (TPSA) is 38.3 Å². The zero-order chi connectivity index (χ0) is 18.0. The Morgan fingerprint density at radius 3 is 2.04 bits per heavy atom. The van der Waals surface area contributed by atoms with Crippen LogP contribution in [-0.2, 0) is 17.8 Å². The maximum atomic E-state index is 12.1. The van der Waals surface area contributed by atoms with Gasteiger partial charge in [0.25, 0.3) is 0 Å². The number of carbonyl (C=O) groups is 1. The number of nitrogens with one attached hydrogen (secondary N) is 1. The second-order valence-corrected chi connectivity index (χ2v) is 6.19. The predicted molar refractivity (Wildman–Crippen MR) is 105 cm³/mol. The van der Waals surface area contributed by atoms with Gasteiger partial charge in [-0.3, -0.25) is 4.79 Å². The fraction of sp³-hybridized carbons (Fsp3) is 0.174. The van der Waals surface area contributed by atoms with Gasteiger partial charge < -0.3 is 10.1 Å². The molecule has 3 nitrogen and oxygen atoms in total. The lowest BCUT2D eigenvalue weighted by Crippen LogP contribution is -2.11. The first-order chi connectivity index (χ1) is 12.8. The van der Waals surface area contributed by atoms with Crippen molar-refractivity contribution < 1.29 is 9.53 Å². The minimum Gasteiger partial charge on any atom is -0.489 e. The molecular formula is C23H23NO2.